The molecule has 0 spiro atoms. The first-order valence-electron chi connectivity index (χ1n) is 6.15. The predicted molar refractivity (Wildman–Crippen MR) is 72.0 cm³/mol. The Morgan fingerprint density at radius 1 is 1.27 bits per heavy atom. The molecular weight excluding hydrogens is 326 g/mol. The van der Waals surface area contributed by atoms with E-state index >= 15 is 0 Å². The monoisotopic (exact) mass is 339 g/mol. The van der Waals surface area contributed by atoms with Crippen LogP contribution in [0.3, 0.4) is 0 Å². The van der Waals surface area contributed by atoms with Crippen molar-refractivity contribution in [1.82, 2.24) is 5.32 Å². The van der Waals surface area contributed by atoms with Crippen LogP contribution < -0.4 is 5.32 Å². The summed E-state index contributed by atoms with van der Waals surface area (Å²) >= 11 is 1.02. The van der Waals surface area contributed by atoms with Crippen LogP contribution in [0.2, 0.25) is 0 Å². The minimum absolute atomic E-state index is 0.116. The summed E-state index contributed by atoms with van der Waals surface area (Å²) in [5.41, 5.74) is 0. The normalized spacial score (nSPS) is 12.7. The summed E-state index contributed by atoms with van der Waals surface area (Å²) in [5, 5.41) is 10.5. The maximum atomic E-state index is 13.3. The summed E-state index contributed by atoms with van der Waals surface area (Å²) in [6.07, 6.45) is -6.56. The van der Waals surface area contributed by atoms with Gasteiger partial charge in [-0.3, -0.25) is 4.79 Å². The molecule has 1 amide bonds. The van der Waals surface area contributed by atoms with Crippen LogP contribution in [0, 0.1) is 5.82 Å². The van der Waals surface area contributed by atoms with Crippen molar-refractivity contribution >= 4 is 23.6 Å². The minimum Gasteiger partial charge on any atom is -0.480 e. The summed E-state index contributed by atoms with van der Waals surface area (Å²) in [4.78, 5) is 22.5. The number of nitrogens with one attached hydrogen (secondary N) is 1. The molecular formula is C13H13F4NO3S. The van der Waals surface area contributed by atoms with Crippen LogP contribution in [0.25, 0.3) is 0 Å². The molecule has 1 rings (SSSR count). The van der Waals surface area contributed by atoms with Crippen LogP contribution in [0.4, 0.5) is 17.6 Å². The molecule has 2 N–H and O–H groups in total. The second-order valence-corrected chi connectivity index (χ2v) is 5.44. The zero-order valence-electron chi connectivity index (χ0n) is 11.2. The van der Waals surface area contributed by atoms with E-state index in [1.807, 2.05) is 5.32 Å². The van der Waals surface area contributed by atoms with Gasteiger partial charge in [-0.25, -0.2) is 9.18 Å². The van der Waals surface area contributed by atoms with Crippen LogP contribution in [0.1, 0.15) is 12.8 Å². The fourth-order valence-corrected chi connectivity index (χ4v) is 2.40. The third-order valence-electron chi connectivity index (χ3n) is 2.49. The lowest BCUT2D eigenvalue weighted by atomic mass is 10.2. The average molecular weight is 339 g/mol. The van der Waals surface area contributed by atoms with Gasteiger partial charge in [-0.15, -0.1) is 11.8 Å². The quantitative estimate of drug-likeness (QED) is 0.592. The van der Waals surface area contributed by atoms with Crippen LogP contribution in [0.15, 0.2) is 29.2 Å². The number of halogens is 4. The largest absolute Gasteiger partial charge is 0.480 e. The van der Waals surface area contributed by atoms with E-state index in [0.29, 0.717) is 4.90 Å². The van der Waals surface area contributed by atoms with E-state index in [4.69, 9.17) is 5.11 Å². The van der Waals surface area contributed by atoms with Crippen LogP contribution in [-0.4, -0.2) is 35.0 Å². The predicted octanol–water partition coefficient (Wildman–Crippen LogP) is 2.83. The van der Waals surface area contributed by atoms with Crippen molar-refractivity contribution in [2.24, 2.45) is 0 Å². The highest BCUT2D eigenvalue weighted by Crippen LogP contribution is 2.23. The Bertz CT molecular complexity index is 536. The Kier molecular flexibility index (Phi) is 6.66. The van der Waals surface area contributed by atoms with Gasteiger partial charge in [0.25, 0.3) is 0 Å². The molecule has 0 radical (unpaired) electrons. The van der Waals surface area contributed by atoms with Crippen molar-refractivity contribution < 1.29 is 32.3 Å². The lowest BCUT2D eigenvalue weighted by Gasteiger charge is -2.16. The highest BCUT2D eigenvalue weighted by Gasteiger charge is 2.36. The number of amides is 1. The number of alkyl halides is 3. The average Bonchev–Trinajstić information content (AvgIpc) is 2.38. The number of hydrogen-bond donors (Lipinski definition) is 2. The number of thioether (sulfide) groups is 1. The first kappa shape index (κ1) is 18.3. The van der Waals surface area contributed by atoms with E-state index in [-0.39, 0.29) is 12.2 Å². The second kappa shape index (κ2) is 8.02. The second-order valence-electron chi connectivity index (χ2n) is 4.31. The molecule has 0 saturated carbocycles. The fraction of sp³-hybridized carbons (Fsp3) is 0.385. The van der Waals surface area contributed by atoms with Gasteiger partial charge in [-0.05, 0) is 12.1 Å². The lowest BCUT2D eigenvalue weighted by Crippen LogP contribution is -2.43. The minimum atomic E-state index is -4.70. The summed E-state index contributed by atoms with van der Waals surface area (Å²) < 4.78 is 49.8. The molecule has 1 unspecified atom stereocenters. The molecule has 9 heteroatoms. The van der Waals surface area contributed by atoms with Gasteiger partial charge < -0.3 is 10.4 Å². The highest BCUT2D eigenvalue weighted by molar-refractivity contribution is 7.99. The number of benzene rings is 1. The molecule has 122 valence electrons. The highest BCUT2D eigenvalue weighted by atomic mass is 32.2. The maximum absolute atomic E-state index is 13.3. The molecule has 0 saturated heterocycles. The van der Waals surface area contributed by atoms with Crippen LogP contribution in [0.5, 0.6) is 0 Å². The summed E-state index contributed by atoms with van der Waals surface area (Å²) in [7, 11) is 0. The SMILES string of the molecule is O=C(CCSc1ccccc1F)NC(CC(F)(F)F)C(=O)O. The first-order valence-corrected chi connectivity index (χ1v) is 7.14. The molecule has 22 heavy (non-hydrogen) atoms. The Balaban J connectivity index is 2.44. The van der Waals surface area contributed by atoms with Crippen molar-refractivity contribution in [3.63, 3.8) is 0 Å². The van der Waals surface area contributed by atoms with E-state index in [2.05, 4.69) is 0 Å². The van der Waals surface area contributed by atoms with Gasteiger partial charge in [0, 0.05) is 17.1 Å². The van der Waals surface area contributed by atoms with E-state index in [0.717, 1.165) is 11.8 Å². The topological polar surface area (TPSA) is 66.4 Å². The van der Waals surface area contributed by atoms with E-state index in [1.54, 1.807) is 6.07 Å². The standard InChI is InChI=1S/C13H13F4NO3S/c14-8-3-1-2-4-10(8)22-6-5-11(19)18-9(12(20)21)7-13(15,16)17/h1-4,9H,5-7H2,(H,18,19)(H,20,21). The molecule has 1 atom stereocenters. The van der Waals surface area contributed by atoms with Gasteiger partial charge in [0.15, 0.2) is 0 Å². The van der Waals surface area contributed by atoms with Gasteiger partial charge in [0.2, 0.25) is 5.91 Å². The number of carboxylic acids is 1. The third kappa shape index (κ3) is 6.79. The summed E-state index contributed by atoms with van der Waals surface area (Å²) in [6.45, 7) is 0. The number of carboxylic acid groups (broad SMARTS) is 1. The molecule has 1 aromatic rings. The van der Waals surface area contributed by atoms with Crippen LogP contribution >= 0.6 is 11.8 Å². The Labute approximate surface area is 127 Å². The number of carbonyl (C=O) groups is 2. The number of carbonyl (C=O) groups excluding carboxylic acids is 1. The van der Waals surface area contributed by atoms with Crippen molar-refractivity contribution in [3.8, 4) is 0 Å². The first-order chi connectivity index (χ1) is 10.2. The number of rotatable bonds is 7. The zero-order chi connectivity index (χ0) is 16.8. The summed E-state index contributed by atoms with van der Waals surface area (Å²) in [5.74, 6) is -2.94. The van der Waals surface area contributed by atoms with E-state index in [9.17, 15) is 27.2 Å². The van der Waals surface area contributed by atoms with Gasteiger partial charge in [-0.1, -0.05) is 12.1 Å². The van der Waals surface area contributed by atoms with Crippen molar-refractivity contribution in [2.45, 2.75) is 30.0 Å². The Hall–Kier alpha value is -1.77. The molecule has 1 aromatic carbocycles. The fourth-order valence-electron chi connectivity index (χ4n) is 1.51. The molecule has 0 aromatic heterocycles. The maximum Gasteiger partial charge on any atom is 0.391 e. The van der Waals surface area contributed by atoms with Gasteiger partial charge >= 0.3 is 12.1 Å². The number of aliphatic carboxylic acids is 1. The third-order valence-corrected chi connectivity index (χ3v) is 3.54. The molecule has 0 bridgehead atoms. The Morgan fingerprint density at radius 3 is 2.45 bits per heavy atom. The Morgan fingerprint density at radius 2 is 1.91 bits per heavy atom. The van der Waals surface area contributed by atoms with E-state index in [1.165, 1.54) is 18.2 Å². The molecule has 0 aliphatic rings. The summed E-state index contributed by atoms with van der Waals surface area (Å²) in [6, 6.07) is 3.83. The smallest absolute Gasteiger partial charge is 0.391 e. The zero-order valence-corrected chi connectivity index (χ0v) is 12.0. The molecule has 4 nitrogen and oxygen atoms in total. The van der Waals surface area contributed by atoms with Gasteiger partial charge in [0.1, 0.15) is 11.9 Å². The lowest BCUT2D eigenvalue weighted by molar-refractivity contribution is -0.159. The van der Waals surface area contributed by atoms with Gasteiger partial charge in [0.05, 0.1) is 6.42 Å². The molecule has 0 heterocycles. The van der Waals surface area contributed by atoms with Crippen molar-refractivity contribution in [3.05, 3.63) is 30.1 Å². The van der Waals surface area contributed by atoms with E-state index < -0.39 is 36.3 Å². The molecule has 0 aliphatic heterocycles. The van der Waals surface area contributed by atoms with Crippen molar-refractivity contribution in [2.75, 3.05) is 5.75 Å². The van der Waals surface area contributed by atoms with Gasteiger partial charge in [-0.2, -0.15) is 13.2 Å². The molecule has 0 fully saturated rings. The van der Waals surface area contributed by atoms with Crippen molar-refractivity contribution in [1.29, 1.82) is 0 Å². The molecule has 0 aliphatic carbocycles. The number of hydrogen-bond acceptors (Lipinski definition) is 3. The van der Waals surface area contributed by atoms with Crippen LogP contribution in [-0.2, 0) is 9.59 Å².